The number of carbonyl (C=O) groups is 1. The van der Waals surface area contributed by atoms with Crippen LogP contribution in [0.2, 0.25) is 0 Å². The van der Waals surface area contributed by atoms with E-state index < -0.39 is 11.2 Å². The Hall–Kier alpha value is -3.34. The molecule has 0 saturated heterocycles. The highest BCUT2D eigenvalue weighted by Gasteiger charge is 2.15. The highest BCUT2D eigenvalue weighted by Crippen LogP contribution is 2.11. The number of carbonyl (C=O) groups excluding carboxylic acids is 1. The van der Waals surface area contributed by atoms with E-state index in [0.717, 1.165) is 16.6 Å². The fourth-order valence-corrected chi connectivity index (χ4v) is 2.52. The molecule has 0 aliphatic heterocycles. The van der Waals surface area contributed by atoms with Crippen LogP contribution in [-0.4, -0.2) is 21.1 Å². The molecule has 27 heavy (non-hydrogen) atoms. The average molecular weight is 369 g/mol. The normalized spacial score (nSPS) is 11.5. The highest BCUT2D eigenvalue weighted by atomic mass is 16.2. The van der Waals surface area contributed by atoms with E-state index in [1.165, 1.54) is 18.7 Å². The van der Waals surface area contributed by atoms with Gasteiger partial charge in [0.25, 0.3) is 11.5 Å². The van der Waals surface area contributed by atoms with E-state index in [1.807, 2.05) is 19.9 Å². The number of nitrogens with one attached hydrogen (secondary N) is 2. The predicted octanol–water partition coefficient (Wildman–Crippen LogP) is 1.10. The van der Waals surface area contributed by atoms with Crippen molar-refractivity contribution in [3.8, 4) is 6.07 Å². The maximum absolute atomic E-state index is 12.1. The predicted molar refractivity (Wildman–Crippen MR) is 103 cm³/mol. The Morgan fingerprint density at radius 3 is 2.37 bits per heavy atom. The fraction of sp³-hybridized carbons (Fsp3) is 0.368. The van der Waals surface area contributed by atoms with Gasteiger partial charge in [0.1, 0.15) is 11.9 Å². The lowest BCUT2D eigenvalue weighted by atomic mass is 10.1. The molecule has 2 rings (SSSR count). The molecule has 0 radical (unpaired) electrons. The van der Waals surface area contributed by atoms with Crippen LogP contribution in [0.25, 0.3) is 0 Å². The molecule has 2 aromatic rings. The van der Waals surface area contributed by atoms with Crippen LogP contribution in [0.4, 0.5) is 5.82 Å². The summed E-state index contributed by atoms with van der Waals surface area (Å²) in [5.74, 6) is 0.0359. The Balaban J connectivity index is 2.19. The molecule has 1 aromatic heterocycles. The molecule has 1 amide bonds. The smallest absolute Gasteiger partial charge is 0.332 e. The summed E-state index contributed by atoms with van der Waals surface area (Å²) >= 11 is 0. The third kappa shape index (κ3) is 4.26. The second-order valence-electron chi connectivity index (χ2n) is 6.37. The number of amides is 1. The van der Waals surface area contributed by atoms with Crippen molar-refractivity contribution < 1.29 is 4.79 Å². The summed E-state index contributed by atoms with van der Waals surface area (Å²) in [6.07, 6.45) is 0.851. The number of nitriles is 1. The van der Waals surface area contributed by atoms with E-state index in [0.29, 0.717) is 12.1 Å². The standard InChI is InChI=1S/C19H23N5O3/c1-5-12(2)22-17(25)14-8-6-13(7-9-14)11-21-16-15(10-20)18(26)24(4)19(27)23(16)3/h6-9,12,21H,5,11H2,1-4H3,(H,22,25)/t12-/m0/s1. The van der Waals surface area contributed by atoms with Crippen LogP contribution in [0.1, 0.15) is 41.8 Å². The van der Waals surface area contributed by atoms with Gasteiger partial charge in [-0.25, -0.2) is 4.79 Å². The summed E-state index contributed by atoms with van der Waals surface area (Å²) in [5, 5.41) is 15.1. The molecule has 0 spiro atoms. The van der Waals surface area contributed by atoms with Gasteiger partial charge in [0.05, 0.1) is 0 Å². The molecule has 2 N–H and O–H groups in total. The Morgan fingerprint density at radius 1 is 1.19 bits per heavy atom. The maximum Gasteiger partial charge on any atom is 0.332 e. The molecule has 1 aromatic carbocycles. The zero-order valence-electron chi connectivity index (χ0n) is 15.9. The molecular formula is C19H23N5O3. The van der Waals surface area contributed by atoms with Crippen LogP contribution >= 0.6 is 0 Å². The van der Waals surface area contributed by atoms with Crippen LogP contribution < -0.4 is 21.9 Å². The molecule has 0 saturated carbocycles. The highest BCUT2D eigenvalue weighted by molar-refractivity contribution is 5.94. The van der Waals surface area contributed by atoms with Crippen molar-refractivity contribution in [3.05, 3.63) is 61.8 Å². The molecular weight excluding hydrogens is 346 g/mol. The van der Waals surface area contributed by atoms with Gasteiger partial charge < -0.3 is 10.6 Å². The third-order valence-electron chi connectivity index (χ3n) is 4.44. The van der Waals surface area contributed by atoms with Gasteiger partial charge in [-0.3, -0.25) is 18.7 Å². The Morgan fingerprint density at radius 2 is 1.81 bits per heavy atom. The van der Waals surface area contributed by atoms with Crippen LogP contribution in [0, 0.1) is 11.3 Å². The van der Waals surface area contributed by atoms with Gasteiger partial charge in [0.15, 0.2) is 5.56 Å². The number of aromatic nitrogens is 2. The number of rotatable bonds is 6. The number of hydrogen-bond acceptors (Lipinski definition) is 5. The number of anilines is 1. The molecule has 8 nitrogen and oxygen atoms in total. The molecule has 1 atom stereocenters. The largest absolute Gasteiger partial charge is 0.366 e. The zero-order valence-corrected chi connectivity index (χ0v) is 15.9. The van der Waals surface area contributed by atoms with E-state index in [2.05, 4.69) is 10.6 Å². The minimum absolute atomic E-state index is 0.102. The van der Waals surface area contributed by atoms with E-state index in [4.69, 9.17) is 0 Å². The van der Waals surface area contributed by atoms with Crippen LogP contribution in [0.5, 0.6) is 0 Å². The van der Waals surface area contributed by atoms with Gasteiger partial charge in [-0.05, 0) is 31.0 Å². The van der Waals surface area contributed by atoms with Crippen molar-refractivity contribution in [2.45, 2.75) is 32.9 Å². The van der Waals surface area contributed by atoms with Gasteiger partial charge in [-0.1, -0.05) is 19.1 Å². The van der Waals surface area contributed by atoms with Gasteiger partial charge in [0.2, 0.25) is 0 Å². The number of benzene rings is 1. The first-order chi connectivity index (χ1) is 12.8. The van der Waals surface area contributed by atoms with Crippen molar-refractivity contribution in [1.29, 1.82) is 5.26 Å². The van der Waals surface area contributed by atoms with Gasteiger partial charge in [-0.2, -0.15) is 5.26 Å². The Bertz CT molecular complexity index is 996. The summed E-state index contributed by atoms with van der Waals surface area (Å²) in [6.45, 7) is 4.24. The van der Waals surface area contributed by atoms with Crippen molar-refractivity contribution in [2.75, 3.05) is 5.32 Å². The first-order valence-corrected chi connectivity index (χ1v) is 8.63. The molecule has 8 heteroatoms. The summed E-state index contributed by atoms with van der Waals surface area (Å²) in [6, 6.07) is 8.94. The van der Waals surface area contributed by atoms with Crippen molar-refractivity contribution in [3.63, 3.8) is 0 Å². The molecule has 0 aliphatic carbocycles. The summed E-state index contributed by atoms with van der Waals surface area (Å²) in [7, 11) is 2.83. The average Bonchev–Trinajstić information content (AvgIpc) is 2.68. The van der Waals surface area contributed by atoms with Crippen LogP contribution in [0.3, 0.4) is 0 Å². The SMILES string of the molecule is CC[C@H](C)NC(=O)c1ccc(CNc2c(C#N)c(=O)n(C)c(=O)n2C)cc1. The molecule has 1 heterocycles. The third-order valence-corrected chi connectivity index (χ3v) is 4.44. The van der Waals surface area contributed by atoms with E-state index >= 15 is 0 Å². The molecule has 0 fully saturated rings. The topological polar surface area (TPSA) is 109 Å². The minimum Gasteiger partial charge on any atom is -0.366 e. The van der Waals surface area contributed by atoms with Crippen molar-refractivity contribution in [1.82, 2.24) is 14.5 Å². The lowest BCUT2D eigenvalue weighted by molar-refractivity contribution is 0.0939. The van der Waals surface area contributed by atoms with Crippen LogP contribution in [-0.2, 0) is 20.6 Å². The van der Waals surface area contributed by atoms with Crippen LogP contribution in [0.15, 0.2) is 33.9 Å². The number of hydrogen-bond donors (Lipinski definition) is 2. The monoisotopic (exact) mass is 369 g/mol. The quantitative estimate of drug-likeness (QED) is 0.792. The molecule has 142 valence electrons. The van der Waals surface area contributed by atoms with Gasteiger partial charge >= 0.3 is 5.69 Å². The van der Waals surface area contributed by atoms with Gasteiger partial charge in [0, 0.05) is 32.2 Å². The van der Waals surface area contributed by atoms with Crippen molar-refractivity contribution in [2.24, 2.45) is 14.1 Å². The second-order valence-corrected chi connectivity index (χ2v) is 6.37. The second kappa shape index (κ2) is 8.36. The summed E-state index contributed by atoms with van der Waals surface area (Å²) < 4.78 is 2.13. The lowest BCUT2D eigenvalue weighted by Gasteiger charge is -2.14. The fourth-order valence-electron chi connectivity index (χ4n) is 2.52. The Labute approximate surface area is 157 Å². The molecule has 0 unspecified atom stereocenters. The molecule has 0 bridgehead atoms. The zero-order chi connectivity index (χ0) is 20.1. The summed E-state index contributed by atoms with van der Waals surface area (Å²) in [4.78, 5) is 36.2. The van der Waals surface area contributed by atoms with Crippen molar-refractivity contribution >= 4 is 11.7 Å². The van der Waals surface area contributed by atoms with E-state index in [-0.39, 0.29) is 23.3 Å². The van der Waals surface area contributed by atoms with E-state index in [1.54, 1.807) is 24.3 Å². The summed E-state index contributed by atoms with van der Waals surface area (Å²) in [5.41, 5.74) is 0.118. The maximum atomic E-state index is 12.1. The number of nitrogens with zero attached hydrogens (tertiary/aromatic N) is 3. The Kier molecular flexibility index (Phi) is 6.19. The van der Waals surface area contributed by atoms with E-state index in [9.17, 15) is 19.6 Å². The first kappa shape index (κ1) is 20.0. The minimum atomic E-state index is -0.639. The lowest BCUT2D eigenvalue weighted by Crippen LogP contribution is -2.39. The van der Waals surface area contributed by atoms with Gasteiger partial charge in [-0.15, -0.1) is 0 Å². The molecule has 0 aliphatic rings. The first-order valence-electron chi connectivity index (χ1n) is 8.63.